The molecule has 90 valence electrons. The van der Waals surface area contributed by atoms with Gasteiger partial charge >= 0.3 is 0 Å². The van der Waals surface area contributed by atoms with Crippen molar-refractivity contribution in [3.8, 4) is 0 Å². The van der Waals surface area contributed by atoms with Crippen LogP contribution in [0.3, 0.4) is 0 Å². The van der Waals surface area contributed by atoms with Gasteiger partial charge in [-0.1, -0.05) is 12.1 Å². The normalized spacial score (nSPS) is 22.6. The Morgan fingerprint density at radius 3 is 2.88 bits per heavy atom. The van der Waals surface area contributed by atoms with Gasteiger partial charge in [-0.25, -0.2) is 0 Å². The molecule has 0 spiro atoms. The molecular weight excluding hydrogens is 204 g/mol. The SMILES string of the molecule is Cc1noc(C)c1C(C)CNC1CCOC1. The van der Waals surface area contributed by atoms with Gasteiger partial charge in [-0.3, -0.25) is 0 Å². The molecule has 1 aromatic heterocycles. The Morgan fingerprint density at radius 2 is 2.31 bits per heavy atom. The quantitative estimate of drug-likeness (QED) is 0.846. The predicted molar refractivity (Wildman–Crippen MR) is 61.6 cm³/mol. The van der Waals surface area contributed by atoms with Gasteiger partial charge in [0.05, 0.1) is 12.3 Å². The number of aryl methyl sites for hydroxylation is 2. The van der Waals surface area contributed by atoms with E-state index >= 15 is 0 Å². The molecule has 2 rings (SSSR count). The van der Waals surface area contributed by atoms with Gasteiger partial charge in [0.1, 0.15) is 5.76 Å². The van der Waals surface area contributed by atoms with Crippen LogP contribution in [0.1, 0.15) is 36.3 Å². The highest BCUT2D eigenvalue weighted by Gasteiger charge is 2.19. The largest absolute Gasteiger partial charge is 0.380 e. The van der Waals surface area contributed by atoms with E-state index in [1.165, 1.54) is 5.56 Å². The summed E-state index contributed by atoms with van der Waals surface area (Å²) in [6.45, 7) is 8.86. The molecule has 1 aliphatic heterocycles. The first kappa shape index (κ1) is 11.6. The maximum absolute atomic E-state index is 5.33. The van der Waals surface area contributed by atoms with Crippen molar-refractivity contribution in [3.63, 3.8) is 0 Å². The zero-order valence-corrected chi connectivity index (χ0v) is 10.2. The number of rotatable bonds is 4. The molecule has 1 N–H and O–H groups in total. The lowest BCUT2D eigenvalue weighted by molar-refractivity contribution is 0.190. The summed E-state index contributed by atoms with van der Waals surface area (Å²) in [7, 11) is 0. The lowest BCUT2D eigenvalue weighted by Crippen LogP contribution is -2.32. The van der Waals surface area contributed by atoms with E-state index in [0.717, 1.165) is 37.6 Å². The highest BCUT2D eigenvalue weighted by Crippen LogP contribution is 2.22. The molecule has 1 fully saturated rings. The van der Waals surface area contributed by atoms with Crippen LogP contribution in [0.25, 0.3) is 0 Å². The van der Waals surface area contributed by atoms with Gasteiger partial charge in [0.2, 0.25) is 0 Å². The van der Waals surface area contributed by atoms with E-state index in [4.69, 9.17) is 9.26 Å². The van der Waals surface area contributed by atoms with Crippen LogP contribution < -0.4 is 5.32 Å². The predicted octanol–water partition coefficient (Wildman–Crippen LogP) is 1.77. The summed E-state index contributed by atoms with van der Waals surface area (Å²) in [5.74, 6) is 1.38. The summed E-state index contributed by atoms with van der Waals surface area (Å²) >= 11 is 0. The van der Waals surface area contributed by atoms with E-state index in [1.54, 1.807) is 0 Å². The lowest BCUT2D eigenvalue weighted by atomic mass is 9.99. The molecule has 2 atom stereocenters. The first-order chi connectivity index (χ1) is 7.68. The summed E-state index contributed by atoms with van der Waals surface area (Å²) in [5, 5.41) is 7.52. The minimum absolute atomic E-state index is 0.437. The second kappa shape index (κ2) is 4.97. The second-order valence-electron chi connectivity index (χ2n) is 4.61. The van der Waals surface area contributed by atoms with Crippen LogP contribution in [0.4, 0.5) is 0 Å². The summed E-state index contributed by atoms with van der Waals surface area (Å²) in [6, 6.07) is 0.517. The minimum atomic E-state index is 0.437. The molecule has 4 heteroatoms. The van der Waals surface area contributed by atoms with Crippen molar-refractivity contribution in [1.29, 1.82) is 0 Å². The molecule has 2 heterocycles. The van der Waals surface area contributed by atoms with Crippen molar-refractivity contribution in [2.24, 2.45) is 0 Å². The number of ether oxygens (including phenoxy) is 1. The Balaban J connectivity index is 1.89. The molecular formula is C12H20N2O2. The van der Waals surface area contributed by atoms with E-state index in [9.17, 15) is 0 Å². The Bertz CT molecular complexity index is 323. The average molecular weight is 224 g/mol. The van der Waals surface area contributed by atoms with Crippen molar-refractivity contribution >= 4 is 0 Å². The monoisotopic (exact) mass is 224 g/mol. The number of hydrogen-bond donors (Lipinski definition) is 1. The molecule has 0 saturated carbocycles. The van der Waals surface area contributed by atoms with Gasteiger partial charge in [0.15, 0.2) is 0 Å². The molecule has 0 bridgehead atoms. The standard InChI is InChI=1S/C12H20N2O2/c1-8(6-13-11-4-5-15-7-11)12-9(2)14-16-10(12)3/h8,11,13H,4-7H2,1-3H3. The molecule has 0 aliphatic carbocycles. The summed E-state index contributed by atoms with van der Waals surface area (Å²) in [6.07, 6.45) is 1.12. The highest BCUT2D eigenvalue weighted by molar-refractivity contribution is 5.25. The van der Waals surface area contributed by atoms with Gasteiger partial charge in [0.25, 0.3) is 0 Å². The molecule has 16 heavy (non-hydrogen) atoms. The van der Waals surface area contributed by atoms with Gasteiger partial charge in [-0.2, -0.15) is 0 Å². The molecule has 4 nitrogen and oxygen atoms in total. The Labute approximate surface area is 96.3 Å². The van der Waals surface area contributed by atoms with E-state index in [-0.39, 0.29) is 0 Å². The van der Waals surface area contributed by atoms with Crippen molar-refractivity contribution in [2.45, 2.75) is 39.2 Å². The van der Waals surface area contributed by atoms with Crippen LogP contribution in [0.2, 0.25) is 0 Å². The zero-order valence-electron chi connectivity index (χ0n) is 10.2. The first-order valence-electron chi connectivity index (χ1n) is 5.92. The molecule has 1 aromatic rings. The molecule has 0 amide bonds. The molecule has 0 aromatic carbocycles. The van der Waals surface area contributed by atoms with Crippen LogP contribution in [0.15, 0.2) is 4.52 Å². The van der Waals surface area contributed by atoms with Crippen LogP contribution in [0, 0.1) is 13.8 Å². The summed E-state index contributed by atoms with van der Waals surface area (Å²) < 4.78 is 10.5. The topological polar surface area (TPSA) is 47.3 Å². The number of aromatic nitrogens is 1. The first-order valence-corrected chi connectivity index (χ1v) is 5.92. The molecule has 0 radical (unpaired) electrons. The van der Waals surface area contributed by atoms with Crippen LogP contribution in [0.5, 0.6) is 0 Å². The number of hydrogen-bond acceptors (Lipinski definition) is 4. The van der Waals surface area contributed by atoms with Gasteiger partial charge in [-0.15, -0.1) is 0 Å². The van der Waals surface area contributed by atoms with E-state index in [2.05, 4.69) is 17.4 Å². The minimum Gasteiger partial charge on any atom is -0.380 e. The fourth-order valence-corrected chi connectivity index (χ4v) is 2.33. The summed E-state index contributed by atoms with van der Waals surface area (Å²) in [5.41, 5.74) is 2.25. The Hall–Kier alpha value is -0.870. The van der Waals surface area contributed by atoms with Crippen molar-refractivity contribution in [1.82, 2.24) is 10.5 Å². The number of nitrogens with zero attached hydrogens (tertiary/aromatic N) is 1. The van der Waals surface area contributed by atoms with Crippen molar-refractivity contribution in [2.75, 3.05) is 19.8 Å². The van der Waals surface area contributed by atoms with E-state index in [0.29, 0.717) is 12.0 Å². The fourth-order valence-electron chi connectivity index (χ4n) is 2.33. The maximum Gasteiger partial charge on any atom is 0.137 e. The van der Waals surface area contributed by atoms with Gasteiger partial charge in [0, 0.05) is 24.8 Å². The number of nitrogens with one attached hydrogen (secondary N) is 1. The average Bonchev–Trinajstić information content (AvgIpc) is 2.86. The zero-order chi connectivity index (χ0) is 11.5. The van der Waals surface area contributed by atoms with Crippen LogP contribution in [-0.2, 0) is 4.74 Å². The van der Waals surface area contributed by atoms with Crippen molar-refractivity contribution < 1.29 is 9.26 Å². The smallest absolute Gasteiger partial charge is 0.137 e. The van der Waals surface area contributed by atoms with Crippen LogP contribution in [-0.4, -0.2) is 31.0 Å². The second-order valence-corrected chi connectivity index (χ2v) is 4.61. The summed E-state index contributed by atoms with van der Waals surface area (Å²) in [4.78, 5) is 0. The maximum atomic E-state index is 5.33. The fraction of sp³-hybridized carbons (Fsp3) is 0.750. The Morgan fingerprint density at radius 1 is 1.50 bits per heavy atom. The lowest BCUT2D eigenvalue weighted by Gasteiger charge is -2.15. The van der Waals surface area contributed by atoms with E-state index in [1.807, 2.05) is 13.8 Å². The van der Waals surface area contributed by atoms with Crippen LogP contribution >= 0.6 is 0 Å². The molecule has 2 unspecified atom stereocenters. The molecule has 1 saturated heterocycles. The third-order valence-electron chi connectivity index (χ3n) is 3.22. The third-order valence-corrected chi connectivity index (χ3v) is 3.22. The van der Waals surface area contributed by atoms with Gasteiger partial charge < -0.3 is 14.6 Å². The Kier molecular flexibility index (Phi) is 3.61. The van der Waals surface area contributed by atoms with Gasteiger partial charge in [-0.05, 0) is 26.2 Å². The third kappa shape index (κ3) is 2.44. The highest BCUT2D eigenvalue weighted by atomic mass is 16.5. The van der Waals surface area contributed by atoms with Crippen molar-refractivity contribution in [3.05, 3.63) is 17.0 Å². The molecule has 1 aliphatic rings. The van der Waals surface area contributed by atoms with E-state index < -0.39 is 0 Å².